The second-order valence-corrected chi connectivity index (χ2v) is 12.2. The molecule has 0 saturated heterocycles. The summed E-state index contributed by atoms with van der Waals surface area (Å²) in [4.78, 5) is 13.9. The van der Waals surface area contributed by atoms with E-state index in [1.807, 2.05) is 68.8 Å². The molecular weight excluding hydrogens is 605 g/mol. The maximum absolute atomic E-state index is 16.3. The Morgan fingerprint density at radius 3 is 2.50 bits per heavy atom. The molecule has 1 aliphatic rings. The molecule has 9 heteroatoms. The van der Waals surface area contributed by atoms with Crippen molar-refractivity contribution >= 4 is 28.5 Å². The summed E-state index contributed by atoms with van der Waals surface area (Å²) in [5.74, 6) is -0.0570. The summed E-state index contributed by atoms with van der Waals surface area (Å²) < 4.78 is 38.1. The Balaban J connectivity index is 1.54. The Hall–Kier alpha value is -4.14. The largest absolute Gasteiger partial charge is 0.494 e. The van der Waals surface area contributed by atoms with E-state index in [-0.39, 0.29) is 19.0 Å². The van der Waals surface area contributed by atoms with E-state index in [1.165, 1.54) is 6.07 Å². The van der Waals surface area contributed by atoms with Gasteiger partial charge in [-0.15, -0.1) is 0 Å². The molecule has 0 saturated carbocycles. The van der Waals surface area contributed by atoms with Crippen molar-refractivity contribution in [3.63, 3.8) is 0 Å². The van der Waals surface area contributed by atoms with Crippen LogP contribution >= 0.6 is 11.6 Å². The maximum Gasteiger partial charge on any atom is 0.355 e. The molecule has 0 spiro atoms. The molecule has 3 heterocycles. The standard InChI is InChI=1S/C37H39ClFN3O4/c1-6-30-33-31(41(5)40-30)21-44-20-25-12-9-8-11-24(25)19-42-35-28(14-15-29(39)32(33)35)27(36(42)37(43)45-7-2)13-10-16-46-26-17-22(3)34(38)23(4)18-26/h8-9,11-12,14-15,17-18H,6-7,10,13,16,19-21H2,1-5H3. The van der Waals surface area contributed by atoms with Crippen LogP contribution in [0.25, 0.3) is 22.0 Å². The van der Waals surface area contributed by atoms with Gasteiger partial charge in [0.2, 0.25) is 0 Å². The second kappa shape index (κ2) is 13.3. The van der Waals surface area contributed by atoms with Gasteiger partial charge in [-0.3, -0.25) is 4.68 Å². The Labute approximate surface area is 273 Å². The number of hydrogen-bond acceptors (Lipinski definition) is 5. The van der Waals surface area contributed by atoms with E-state index in [4.69, 9.17) is 30.9 Å². The number of ether oxygens (including phenoxy) is 3. The van der Waals surface area contributed by atoms with Crippen molar-refractivity contribution in [1.29, 1.82) is 0 Å². The molecule has 0 radical (unpaired) electrons. The zero-order valence-corrected chi connectivity index (χ0v) is 27.8. The van der Waals surface area contributed by atoms with E-state index >= 15 is 4.39 Å². The lowest BCUT2D eigenvalue weighted by Crippen LogP contribution is -2.16. The van der Waals surface area contributed by atoms with Gasteiger partial charge in [-0.25, -0.2) is 9.18 Å². The normalized spacial score (nSPS) is 12.8. The van der Waals surface area contributed by atoms with Crippen molar-refractivity contribution in [2.75, 3.05) is 13.2 Å². The Morgan fingerprint density at radius 1 is 1.04 bits per heavy atom. The molecule has 5 aromatic rings. The molecule has 6 rings (SSSR count). The average Bonchev–Trinajstić information content (AvgIpc) is 3.51. The number of carbonyl (C=O) groups is 1. The molecule has 1 aliphatic heterocycles. The predicted molar refractivity (Wildman–Crippen MR) is 178 cm³/mol. The number of carbonyl (C=O) groups excluding carboxylic acids is 1. The maximum atomic E-state index is 16.3. The van der Waals surface area contributed by atoms with E-state index in [2.05, 4.69) is 0 Å². The predicted octanol–water partition coefficient (Wildman–Crippen LogP) is 8.28. The van der Waals surface area contributed by atoms with E-state index in [1.54, 1.807) is 17.7 Å². The Morgan fingerprint density at radius 2 is 1.78 bits per heavy atom. The van der Waals surface area contributed by atoms with Crippen molar-refractivity contribution < 1.29 is 23.4 Å². The van der Waals surface area contributed by atoms with Crippen molar-refractivity contribution in [2.24, 2.45) is 7.05 Å². The third-order valence-corrected chi connectivity index (χ3v) is 9.36. The second-order valence-electron chi connectivity index (χ2n) is 11.8. The minimum atomic E-state index is -0.435. The zero-order chi connectivity index (χ0) is 32.5. The van der Waals surface area contributed by atoms with Crippen LogP contribution in [-0.4, -0.2) is 33.5 Å². The van der Waals surface area contributed by atoms with Crippen LogP contribution < -0.4 is 4.74 Å². The summed E-state index contributed by atoms with van der Waals surface area (Å²) >= 11 is 6.36. The summed E-state index contributed by atoms with van der Waals surface area (Å²) in [7, 11) is 1.87. The van der Waals surface area contributed by atoms with Crippen LogP contribution in [0.3, 0.4) is 0 Å². The first kappa shape index (κ1) is 31.8. The molecule has 240 valence electrons. The fourth-order valence-corrected chi connectivity index (χ4v) is 6.71. The van der Waals surface area contributed by atoms with Gasteiger partial charge >= 0.3 is 5.97 Å². The van der Waals surface area contributed by atoms with Gasteiger partial charge in [-0.05, 0) is 92.1 Å². The van der Waals surface area contributed by atoms with Gasteiger partial charge in [0.25, 0.3) is 0 Å². The number of aromatic nitrogens is 3. The summed E-state index contributed by atoms with van der Waals surface area (Å²) in [6.07, 6.45) is 1.76. The quantitative estimate of drug-likeness (QED) is 0.126. The first-order chi connectivity index (χ1) is 22.2. The number of aryl methyl sites for hydroxylation is 5. The molecule has 46 heavy (non-hydrogen) atoms. The third kappa shape index (κ3) is 5.80. The lowest BCUT2D eigenvalue weighted by atomic mass is 9.96. The molecule has 0 bridgehead atoms. The third-order valence-electron chi connectivity index (χ3n) is 8.76. The number of nitrogens with zero attached hydrogens (tertiary/aromatic N) is 3. The first-order valence-electron chi connectivity index (χ1n) is 15.8. The highest BCUT2D eigenvalue weighted by Crippen LogP contribution is 2.41. The van der Waals surface area contributed by atoms with Crippen LogP contribution in [0, 0.1) is 19.7 Å². The molecule has 7 nitrogen and oxygen atoms in total. The highest BCUT2D eigenvalue weighted by atomic mass is 35.5. The molecular formula is C37H39ClFN3O4. The average molecular weight is 644 g/mol. The van der Waals surface area contributed by atoms with Crippen molar-refractivity contribution in [1.82, 2.24) is 14.3 Å². The first-order valence-corrected chi connectivity index (χ1v) is 16.2. The summed E-state index contributed by atoms with van der Waals surface area (Å²) in [6.45, 7) is 9.35. The number of fused-ring (bicyclic) bond motifs is 3. The van der Waals surface area contributed by atoms with Crippen LogP contribution in [0.1, 0.15) is 70.0 Å². The highest BCUT2D eigenvalue weighted by Gasteiger charge is 2.31. The summed E-state index contributed by atoms with van der Waals surface area (Å²) in [5.41, 5.74) is 8.52. The monoisotopic (exact) mass is 643 g/mol. The minimum absolute atomic E-state index is 0.219. The Kier molecular flexibility index (Phi) is 9.20. The van der Waals surface area contributed by atoms with Crippen LogP contribution in [0.2, 0.25) is 5.02 Å². The van der Waals surface area contributed by atoms with Gasteiger partial charge in [0.05, 0.1) is 43.3 Å². The van der Waals surface area contributed by atoms with Crippen LogP contribution in [0.5, 0.6) is 5.75 Å². The molecule has 0 N–H and O–H groups in total. The minimum Gasteiger partial charge on any atom is -0.494 e. The van der Waals surface area contributed by atoms with Gasteiger partial charge in [0.1, 0.15) is 17.3 Å². The fraction of sp³-hybridized carbons (Fsp3) is 0.351. The van der Waals surface area contributed by atoms with Crippen LogP contribution in [0.4, 0.5) is 4.39 Å². The molecule has 3 aromatic carbocycles. The molecule has 0 atom stereocenters. The molecule has 0 amide bonds. The van der Waals surface area contributed by atoms with Gasteiger partial charge < -0.3 is 18.8 Å². The zero-order valence-electron chi connectivity index (χ0n) is 27.0. The Bertz CT molecular complexity index is 1920. The van der Waals surface area contributed by atoms with Crippen molar-refractivity contribution in [3.8, 4) is 16.9 Å². The lowest BCUT2D eigenvalue weighted by molar-refractivity contribution is 0.0513. The summed E-state index contributed by atoms with van der Waals surface area (Å²) in [5, 5.41) is 6.32. The molecule has 0 unspecified atom stereocenters. The lowest BCUT2D eigenvalue weighted by Gasteiger charge is -2.16. The number of rotatable bonds is 8. The number of halogens is 2. The topological polar surface area (TPSA) is 67.5 Å². The van der Waals surface area contributed by atoms with Crippen LogP contribution in [-0.2, 0) is 49.1 Å². The number of benzene rings is 3. The van der Waals surface area contributed by atoms with E-state index in [9.17, 15) is 4.79 Å². The highest BCUT2D eigenvalue weighted by molar-refractivity contribution is 6.32. The molecule has 0 fully saturated rings. The molecule has 0 aliphatic carbocycles. The van der Waals surface area contributed by atoms with Gasteiger partial charge in [-0.2, -0.15) is 5.10 Å². The summed E-state index contributed by atoms with van der Waals surface area (Å²) in [6, 6.07) is 15.2. The van der Waals surface area contributed by atoms with E-state index in [0.29, 0.717) is 55.8 Å². The fourth-order valence-electron chi connectivity index (χ4n) is 6.61. The number of hydrogen-bond donors (Lipinski definition) is 0. The van der Waals surface area contributed by atoms with Crippen LogP contribution in [0.15, 0.2) is 48.5 Å². The SMILES string of the molecule is CCOC(=O)c1c(CCCOc2cc(C)c(Cl)c(C)c2)c2ccc(F)c3c2n1Cc1ccccc1COCc1c-3c(CC)nn1C. The van der Waals surface area contributed by atoms with E-state index < -0.39 is 5.97 Å². The van der Waals surface area contributed by atoms with Gasteiger partial charge in [0, 0.05) is 35.1 Å². The van der Waals surface area contributed by atoms with Crippen molar-refractivity contribution in [3.05, 3.63) is 104 Å². The van der Waals surface area contributed by atoms with E-state index in [0.717, 1.165) is 60.9 Å². The van der Waals surface area contributed by atoms with Gasteiger partial charge in [-0.1, -0.05) is 42.8 Å². The van der Waals surface area contributed by atoms with Crippen molar-refractivity contribution in [2.45, 2.75) is 66.7 Å². The van der Waals surface area contributed by atoms with Gasteiger partial charge in [0.15, 0.2) is 0 Å². The smallest absolute Gasteiger partial charge is 0.355 e. The molecule has 2 aromatic heterocycles. The number of esters is 1.